The van der Waals surface area contributed by atoms with Crippen molar-refractivity contribution in [3.05, 3.63) is 47.5 Å². The van der Waals surface area contributed by atoms with Gasteiger partial charge in [-0.25, -0.2) is 12.7 Å². The highest BCUT2D eigenvalue weighted by Gasteiger charge is 2.19. The second-order valence-corrected chi connectivity index (χ2v) is 9.08. The van der Waals surface area contributed by atoms with Crippen LogP contribution >= 0.6 is 23.4 Å². The summed E-state index contributed by atoms with van der Waals surface area (Å²) >= 11 is 7.18. The van der Waals surface area contributed by atoms with E-state index in [4.69, 9.17) is 16.3 Å². The number of ether oxygens (including phenoxy) is 1. The molecule has 2 aromatic carbocycles. The highest BCUT2D eigenvalue weighted by molar-refractivity contribution is 8.00. The number of sulfonamides is 1. The van der Waals surface area contributed by atoms with Gasteiger partial charge in [-0.05, 0) is 42.5 Å². The van der Waals surface area contributed by atoms with E-state index in [1.54, 1.807) is 12.1 Å². The summed E-state index contributed by atoms with van der Waals surface area (Å²) < 4.78 is 30.8. The number of amides is 1. The van der Waals surface area contributed by atoms with Gasteiger partial charge in [0.05, 0.1) is 23.4 Å². The Hall–Kier alpha value is -1.74. The van der Waals surface area contributed by atoms with Crippen molar-refractivity contribution in [3.8, 4) is 5.75 Å². The predicted molar refractivity (Wildman–Crippen MR) is 105 cm³/mol. The highest BCUT2D eigenvalue weighted by atomic mass is 35.5. The smallest absolute Gasteiger partial charge is 0.242 e. The average Bonchev–Trinajstić information content (AvgIpc) is 2.61. The molecule has 0 aliphatic carbocycles. The molecule has 2 rings (SSSR count). The molecule has 0 saturated heterocycles. The Balaban J connectivity index is 2.13. The Bertz CT molecular complexity index is 884. The molecule has 0 radical (unpaired) electrons. The number of hydrogen-bond donors (Lipinski definition) is 1. The van der Waals surface area contributed by atoms with E-state index >= 15 is 0 Å². The summed E-state index contributed by atoms with van der Waals surface area (Å²) in [5.74, 6) is 0.269. The molecule has 6 nitrogen and oxygen atoms in total. The monoisotopic (exact) mass is 414 g/mol. The van der Waals surface area contributed by atoms with Crippen LogP contribution in [0, 0.1) is 0 Å². The van der Waals surface area contributed by atoms with E-state index in [1.807, 2.05) is 12.1 Å². The predicted octanol–water partition coefficient (Wildman–Crippen LogP) is 3.33. The number of halogens is 1. The Labute approximate surface area is 162 Å². The van der Waals surface area contributed by atoms with E-state index in [2.05, 4.69) is 5.32 Å². The second-order valence-electron chi connectivity index (χ2n) is 5.44. The van der Waals surface area contributed by atoms with Crippen LogP contribution in [0.25, 0.3) is 0 Å². The molecule has 0 aromatic heterocycles. The molecule has 0 heterocycles. The molecular formula is C17H19ClN2O4S2. The lowest BCUT2D eigenvalue weighted by molar-refractivity contribution is -0.113. The molecular weight excluding hydrogens is 396 g/mol. The zero-order chi connectivity index (χ0) is 19.3. The summed E-state index contributed by atoms with van der Waals surface area (Å²) in [5.41, 5.74) is 0.303. The molecule has 9 heteroatoms. The molecule has 26 heavy (non-hydrogen) atoms. The van der Waals surface area contributed by atoms with Crippen molar-refractivity contribution in [2.45, 2.75) is 9.79 Å². The minimum atomic E-state index is -3.61. The Morgan fingerprint density at radius 1 is 1.19 bits per heavy atom. The van der Waals surface area contributed by atoms with Crippen LogP contribution in [0.2, 0.25) is 5.02 Å². The third kappa shape index (κ3) is 5.14. The lowest BCUT2D eigenvalue weighted by Crippen LogP contribution is -2.22. The van der Waals surface area contributed by atoms with Gasteiger partial charge in [0, 0.05) is 24.0 Å². The van der Waals surface area contributed by atoms with Gasteiger partial charge in [-0.15, -0.1) is 11.8 Å². The van der Waals surface area contributed by atoms with Crippen LogP contribution in [0.1, 0.15) is 0 Å². The lowest BCUT2D eigenvalue weighted by atomic mass is 10.3. The molecule has 140 valence electrons. The normalized spacial score (nSPS) is 11.4. The largest absolute Gasteiger partial charge is 0.495 e. The average molecular weight is 415 g/mol. The molecule has 1 amide bonds. The fraction of sp³-hybridized carbons (Fsp3) is 0.235. The van der Waals surface area contributed by atoms with Crippen LogP contribution in [-0.4, -0.2) is 45.6 Å². The van der Waals surface area contributed by atoms with Gasteiger partial charge in [0.2, 0.25) is 15.9 Å². The summed E-state index contributed by atoms with van der Waals surface area (Å²) in [6.07, 6.45) is 0. The van der Waals surface area contributed by atoms with Crippen molar-refractivity contribution in [2.75, 3.05) is 32.3 Å². The quantitative estimate of drug-likeness (QED) is 0.703. The molecule has 0 saturated carbocycles. The van der Waals surface area contributed by atoms with E-state index in [0.29, 0.717) is 16.5 Å². The van der Waals surface area contributed by atoms with Crippen LogP contribution in [0.4, 0.5) is 5.69 Å². The van der Waals surface area contributed by atoms with E-state index in [9.17, 15) is 13.2 Å². The Morgan fingerprint density at radius 3 is 2.42 bits per heavy atom. The summed E-state index contributed by atoms with van der Waals surface area (Å²) in [5, 5.41) is 3.33. The van der Waals surface area contributed by atoms with E-state index < -0.39 is 10.0 Å². The van der Waals surface area contributed by atoms with Crippen molar-refractivity contribution < 1.29 is 17.9 Å². The molecule has 1 N–H and O–H groups in total. The van der Waals surface area contributed by atoms with Gasteiger partial charge in [0.1, 0.15) is 5.75 Å². The summed E-state index contributed by atoms with van der Waals surface area (Å²) in [6, 6.07) is 11.5. The molecule has 0 unspecified atom stereocenters. The number of benzene rings is 2. The molecule has 0 aliphatic heterocycles. The number of anilines is 1. The fourth-order valence-electron chi connectivity index (χ4n) is 2.02. The van der Waals surface area contributed by atoms with Crippen LogP contribution in [-0.2, 0) is 14.8 Å². The topological polar surface area (TPSA) is 75.7 Å². The number of carbonyl (C=O) groups excluding carboxylic acids is 1. The van der Waals surface area contributed by atoms with Crippen LogP contribution < -0.4 is 10.1 Å². The zero-order valence-corrected chi connectivity index (χ0v) is 16.9. The number of thioether (sulfide) groups is 1. The van der Waals surface area contributed by atoms with Gasteiger partial charge >= 0.3 is 0 Å². The van der Waals surface area contributed by atoms with Crippen molar-refractivity contribution >= 4 is 45.0 Å². The number of hydrogen-bond acceptors (Lipinski definition) is 5. The maximum absolute atomic E-state index is 12.3. The number of methoxy groups -OCH3 is 1. The first-order chi connectivity index (χ1) is 12.2. The van der Waals surface area contributed by atoms with Crippen LogP contribution in [0.5, 0.6) is 5.75 Å². The third-order valence-electron chi connectivity index (χ3n) is 3.41. The zero-order valence-electron chi connectivity index (χ0n) is 14.5. The van der Waals surface area contributed by atoms with E-state index in [0.717, 1.165) is 9.20 Å². The first kappa shape index (κ1) is 20.6. The summed E-state index contributed by atoms with van der Waals surface area (Å²) in [4.78, 5) is 13.2. The Kier molecular flexibility index (Phi) is 6.94. The first-order valence-electron chi connectivity index (χ1n) is 7.53. The number of rotatable bonds is 7. The number of nitrogens with one attached hydrogen (secondary N) is 1. The van der Waals surface area contributed by atoms with Gasteiger partial charge in [0.15, 0.2) is 0 Å². The van der Waals surface area contributed by atoms with E-state index in [1.165, 1.54) is 51.2 Å². The molecule has 2 aromatic rings. The summed E-state index contributed by atoms with van der Waals surface area (Å²) in [6.45, 7) is 0. The number of carbonyl (C=O) groups is 1. The van der Waals surface area contributed by atoms with Gasteiger partial charge in [-0.3, -0.25) is 4.79 Å². The maximum Gasteiger partial charge on any atom is 0.242 e. The molecule has 0 bridgehead atoms. The minimum absolute atomic E-state index is 0.0731. The van der Waals surface area contributed by atoms with Crippen LogP contribution in [0.15, 0.2) is 52.3 Å². The highest BCUT2D eigenvalue weighted by Crippen LogP contribution is 2.29. The first-order valence-corrected chi connectivity index (χ1v) is 10.3. The van der Waals surface area contributed by atoms with E-state index in [-0.39, 0.29) is 16.6 Å². The number of nitrogens with zero attached hydrogens (tertiary/aromatic N) is 1. The van der Waals surface area contributed by atoms with Crippen molar-refractivity contribution in [3.63, 3.8) is 0 Å². The lowest BCUT2D eigenvalue weighted by Gasteiger charge is -2.15. The van der Waals surface area contributed by atoms with Crippen molar-refractivity contribution in [1.82, 2.24) is 4.31 Å². The van der Waals surface area contributed by atoms with Crippen molar-refractivity contribution in [2.24, 2.45) is 0 Å². The molecule has 0 spiro atoms. The van der Waals surface area contributed by atoms with Crippen molar-refractivity contribution in [1.29, 1.82) is 0 Å². The van der Waals surface area contributed by atoms with Gasteiger partial charge in [0.25, 0.3) is 0 Å². The molecule has 0 aliphatic rings. The van der Waals surface area contributed by atoms with Gasteiger partial charge in [-0.1, -0.05) is 11.6 Å². The Morgan fingerprint density at radius 2 is 1.85 bits per heavy atom. The maximum atomic E-state index is 12.3. The molecule has 0 fully saturated rings. The third-order valence-corrected chi connectivity index (χ3v) is 6.48. The SMILES string of the molecule is COc1ccc(S(=O)(=O)N(C)C)cc1NC(=O)CSc1ccc(Cl)cc1. The van der Waals surface area contributed by atoms with Gasteiger partial charge in [-0.2, -0.15) is 0 Å². The molecule has 0 atom stereocenters. The fourth-order valence-corrected chi connectivity index (χ4v) is 3.77. The van der Waals surface area contributed by atoms with Crippen LogP contribution in [0.3, 0.4) is 0 Å². The second kappa shape index (κ2) is 8.77. The van der Waals surface area contributed by atoms with Gasteiger partial charge < -0.3 is 10.1 Å². The standard InChI is InChI=1S/C17H19ClN2O4S2/c1-20(2)26(22,23)14-8-9-16(24-3)15(10-14)19-17(21)11-25-13-6-4-12(18)5-7-13/h4-10H,11H2,1-3H3,(H,19,21). The summed E-state index contributed by atoms with van der Waals surface area (Å²) in [7, 11) is 0.731. The minimum Gasteiger partial charge on any atom is -0.495 e.